The fourth-order valence-corrected chi connectivity index (χ4v) is 4.85. The van der Waals surface area contributed by atoms with Crippen LogP contribution in [0.4, 0.5) is 0 Å². The Hall–Kier alpha value is -3.08. The summed E-state index contributed by atoms with van der Waals surface area (Å²) in [6.07, 6.45) is 2.29. The van der Waals surface area contributed by atoms with Crippen molar-refractivity contribution in [2.45, 2.75) is 33.2 Å². The molecule has 0 N–H and O–H groups in total. The van der Waals surface area contributed by atoms with E-state index in [2.05, 4.69) is 60.4 Å². The first-order valence-corrected chi connectivity index (χ1v) is 10.9. The molecule has 2 aromatic heterocycles. The Labute approximate surface area is 176 Å². The van der Waals surface area contributed by atoms with Crippen LogP contribution in [-0.4, -0.2) is 38.0 Å². The average molecular weight is 401 g/mol. The van der Waals surface area contributed by atoms with Crippen LogP contribution in [-0.2, 0) is 13.6 Å². The maximum absolute atomic E-state index is 13.1. The van der Waals surface area contributed by atoms with Crippen LogP contribution < -0.4 is 0 Å². The predicted molar refractivity (Wildman–Crippen MR) is 122 cm³/mol. The van der Waals surface area contributed by atoms with Crippen LogP contribution in [0.15, 0.2) is 48.5 Å². The molecule has 2 aromatic carbocycles. The lowest BCUT2D eigenvalue weighted by Gasteiger charge is -2.31. The monoisotopic (exact) mass is 400 g/mol. The molecule has 5 rings (SSSR count). The molecule has 0 radical (unpaired) electrons. The minimum atomic E-state index is 0.123. The van der Waals surface area contributed by atoms with Crippen LogP contribution in [0.25, 0.3) is 33.5 Å². The fourth-order valence-electron chi connectivity index (χ4n) is 4.85. The quantitative estimate of drug-likeness (QED) is 0.481. The van der Waals surface area contributed by atoms with E-state index >= 15 is 0 Å². The highest BCUT2D eigenvalue weighted by atomic mass is 16.2. The van der Waals surface area contributed by atoms with Gasteiger partial charge in [-0.2, -0.15) is 0 Å². The lowest BCUT2D eigenvalue weighted by molar-refractivity contribution is 0.0683. The number of rotatable bonds is 3. The van der Waals surface area contributed by atoms with Gasteiger partial charge >= 0.3 is 0 Å². The largest absolute Gasteiger partial charge is 0.338 e. The Kier molecular flexibility index (Phi) is 4.61. The number of carbonyl (C=O) groups is 1. The molecule has 154 valence electrons. The van der Waals surface area contributed by atoms with Crippen LogP contribution >= 0.6 is 0 Å². The minimum absolute atomic E-state index is 0.123. The zero-order valence-electron chi connectivity index (χ0n) is 17.9. The van der Waals surface area contributed by atoms with Gasteiger partial charge in [0.25, 0.3) is 5.91 Å². The highest BCUT2D eigenvalue weighted by molar-refractivity contribution is 5.98. The van der Waals surface area contributed by atoms with Gasteiger partial charge in [-0.05, 0) is 56.0 Å². The van der Waals surface area contributed by atoms with Crippen LogP contribution in [0.3, 0.4) is 0 Å². The SMILES string of the molecule is CCn1c(-c2nc3cc(C(=O)N4CCCC(C)C4)ccc3n2C)cc2ccccc21. The van der Waals surface area contributed by atoms with Crippen LogP contribution in [0.2, 0.25) is 0 Å². The molecule has 0 bridgehead atoms. The van der Waals surface area contributed by atoms with Crippen molar-refractivity contribution < 1.29 is 4.79 Å². The van der Waals surface area contributed by atoms with Crippen molar-refractivity contribution in [2.24, 2.45) is 13.0 Å². The molecule has 5 heteroatoms. The zero-order valence-corrected chi connectivity index (χ0v) is 17.9. The summed E-state index contributed by atoms with van der Waals surface area (Å²) in [6, 6.07) is 16.6. The van der Waals surface area contributed by atoms with Gasteiger partial charge in [0.1, 0.15) is 0 Å². The molecule has 1 amide bonds. The van der Waals surface area contributed by atoms with Crippen LogP contribution in [0, 0.1) is 5.92 Å². The summed E-state index contributed by atoms with van der Waals surface area (Å²) in [5.74, 6) is 1.63. The highest BCUT2D eigenvalue weighted by Crippen LogP contribution is 2.30. The van der Waals surface area contributed by atoms with E-state index in [0.717, 1.165) is 54.2 Å². The Morgan fingerprint density at radius 1 is 1.13 bits per heavy atom. The van der Waals surface area contributed by atoms with Gasteiger partial charge in [-0.1, -0.05) is 25.1 Å². The molecule has 4 aromatic rings. The molecule has 1 atom stereocenters. The number of likely N-dealkylation sites (tertiary alicyclic amines) is 1. The molecule has 0 spiro atoms. The summed E-state index contributed by atoms with van der Waals surface area (Å²) in [7, 11) is 2.05. The first kappa shape index (κ1) is 18.9. The van der Waals surface area contributed by atoms with Crippen molar-refractivity contribution in [3.05, 3.63) is 54.1 Å². The number of para-hydroxylation sites is 1. The zero-order chi connectivity index (χ0) is 20.8. The second kappa shape index (κ2) is 7.31. The third-order valence-corrected chi connectivity index (χ3v) is 6.43. The van der Waals surface area contributed by atoms with Gasteiger partial charge in [-0.25, -0.2) is 4.98 Å². The Balaban J connectivity index is 1.57. The normalized spacial score (nSPS) is 17.2. The van der Waals surface area contributed by atoms with Gasteiger partial charge < -0.3 is 14.0 Å². The molecule has 1 aliphatic heterocycles. The van der Waals surface area contributed by atoms with Crippen LogP contribution in [0.1, 0.15) is 37.0 Å². The van der Waals surface area contributed by atoms with E-state index in [1.54, 1.807) is 0 Å². The van der Waals surface area contributed by atoms with E-state index in [-0.39, 0.29) is 5.91 Å². The molecule has 3 heterocycles. The van der Waals surface area contributed by atoms with Gasteiger partial charge in [0.05, 0.1) is 16.7 Å². The summed E-state index contributed by atoms with van der Waals surface area (Å²) in [5.41, 5.74) is 4.97. The molecule has 30 heavy (non-hydrogen) atoms. The number of carbonyl (C=O) groups excluding carboxylic acids is 1. The van der Waals surface area contributed by atoms with Gasteiger partial charge in [0.2, 0.25) is 0 Å². The van der Waals surface area contributed by atoms with Gasteiger partial charge in [-0.3, -0.25) is 4.79 Å². The van der Waals surface area contributed by atoms with Crippen molar-refractivity contribution in [3.63, 3.8) is 0 Å². The maximum Gasteiger partial charge on any atom is 0.253 e. The number of amides is 1. The summed E-state index contributed by atoms with van der Waals surface area (Å²) in [4.78, 5) is 20.0. The molecule has 1 saturated heterocycles. The number of piperidine rings is 1. The van der Waals surface area contributed by atoms with Gasteiger partial charge in [0.15, 0.2) is 5.82 Å². The lowest BCUT2D eigenvalue weighted by atomic mass is 9.99. The highest BCUT2D eigenvalue weighted by Gasteiger charge is 2.23. The lowest BCUT2D eigenvalue weighted by Crippen LogP contribution is -2.39. The van der Waals surface area contributed by atoms with Crippen molar-refractivity contribution in [1.29, 1.82) is 0 Å². The number of fused-ring (bicyclic) bond motifs is 2. The number of nitrogens with zero attached hydrogens (tertiary/aromatic N) is 4. The Bertz CT molecular complexity index is 1250. The Morgan fingerprint density at radius 2 is 1.97 bits per heavy atom. The number of imidazole rings is 1. The molecule has 1 unspecified atom stereocenters. The third-order valence-electron chi connectivity index (χ3n) is 6.43. The molecular weight excluding hydrogens is 372 g/mol. The van der Waals surface area contributed by atoms with E-state index in [0.29, 0.717) is 5.92 Å². The molecule has 1 aliphatic rings. The molecular formula is C25H28N4O. The number of hydrogen-bond donors (Lipinski definition) is 0. The minimum Gasteiger partial charge on any atom is -0.338 e. The summed E-state index contributed by atoms with van der Waals surface area (Å²) in [5, 5.41) is 1.22. The van der Waals surface area contributed by atoms with Crippen molar-refractivity contribution in [2.75, 3.05) is 13.1 Å². The number of aromatic nitrogens is 3. The smallest absolute Gasteiger partial charge is 0.253 e. The molecule has 0 saturated carbocycles. The standard InChI is InChI=1S/C25H28N4O/c1-4-29-21-10-6-5-9-18(21)15-23(29)24-26-20-14-19(11-12-22(20)27(24)3)25(30)28-13-7-8-17(2)16-28/h5-6,9-12,14-15,17H,4,7-8,13,16H2,1-3H3. The topological polar surface area (TPSA) is 43.1 Å². The van der Waals surface area contributed by atoms with Gasteiger partial charge in [-0.15, -0.1) is 0 Å². The predicted octanol–water partition coefficient (Wildman–Crippen LogP) is 5.09. The number of aryl methyl sites for hydroxylation is 2. The van der Waals surface area contributed by atoms with Crippen molar-refractivity contribution in [3.8, 4) is 11.5 Å². The second-order valence-corrected chi connectivity index (χ2v) is 8.53. The number of hydrogen-bond acceptors (Lipinski definition) is 2. The summed E-state index contributed by atoms with van der Waals surface area (Å²) in [6.45, 7) is 6.96. The van der Waals surface area contributed by atoms with E-state index in [1.807, 2.05) is 23.1 Å². The van der Waals surface area contributed by atoms with E-state index in [9.17, 15) is 4.79 Å². The molecule has 5 nitrogen and oxygen atoms in total. The molecule has 1 fully saturated rings. The van der Waals surface area contributed by atoms with Gasteiger partial charge in [0, 0.05) is 43.1 Å². The van der Waals surface area contributed by atoms with E-state index in [1.165, 1.54) is 17.3 Å². The van der Waals surface area contributed by atoms with Crippen molar-refractivity contribution in [1.82, 2.24) is 19.0 Å². The van der Waals surface area contributed by atoms with E-state index in [4.69, 9.17) is 4.98 Å². The van der Waals surface area contributed by atoms with Crippen molar-refractivity contribution >= 4 is 27.8 Å². The summed E-state index contributed by atoms with van der Waals surface area (Å²) < 4.78 is 4.44. The average Bonchev–Trinajstić information content (AvgIpc) is 3.30. The summed E-state index contributed by atoms with van der Waals surface area (Å²) >= 11 is 0. The molecule has 0 aliphatic carbocycles. The number of benzene rings is 2. The first-order chi connectivity index (χ1) is 14.6. The van der Waals surface area contributed by atoms with Crippen LogP contribution in [0.5, 0.6) is 0 Å². The van der Waals surface area contributed by atoms with E-state index < -0.39 is 0 Å². The maximum atomic E-state index is 13.1. The second-order valence-electron chi connectivity index (χ2n) is 8.53. The third kappa shape index (κ3) is 3.00. The Morgan fingerprint density at radius 3 is 2.77 bits per heavy atom. The fraction of sp³-hybridized carbons (Fsp3) is 0.360. The first-order valence-electron chi connectivity index (χ1n) is 10.9.